The van der Waals surface area contributed by atoms with Gasteiger partial charge in [-0.15, -0.1) is 12.4 Å². The molecule has 1 aliphatic carbocycles. The van der Waals surface area contributed by atoms with Crippen LogP contribution in [0.1, 0.15) is 38.5 Å². The molecule has 2 heterocycles. The van der Waals surface area contributed by atoms with Crippen molar-refractivity contribution in [2.24, 2.45) is 17.8 Å². The maximum atomic E-state index is 12.3. The van der Waals surface area contributed by atoms with Crippen LogP contribution in [0.5, 0.6) is 0 Å². The average Bonchev–Trinajstić information content (AvgIpc) is 2.90. The van der Waals surface area contributed by atoms with Crippen molar-refractivity contribution in [3.8, 4) is 0 Å². The normalized spacial score (nSPS) is 32.1. The SMILES string of the molecule is Cl.O=C(CC1CCCCC1)N1C[C@H]2CNC[C@H]2C1. The molecule has 1 saturated carbocycles. The minimum absolute atomic E-state index is 0. The molecule has 4 heteroatoms. The first-order valence-electron chi connectivity index (χ1n) is 7.31. The van der Waals surface area contributed by atoms with Crippen molar-refractivity contribution < 1.29 is 4.79 Å². The van der Waals surface area contributed by atoms with Crippen molar-refractivity contribution in [1.29, 1.82) is 0 Å². The fraction of sp³-hybridized carbons (Fsp3) is 0.929. The van der Waals surface area contributed by atoms with E-state index in [1.54, 1.807) is 0 Å². The highest BCUT2D eigenvalue weighted by Crippen LogP contribution is 2.30. The molecule has 0 aromatic rings. The van der Waals surface area contributed by atoms with Crippen LogP contribution < -0.4 is 5.32 Å². The number of fused-ring (bicyclic) bond motifs is 1. The largest absolute Gasteiger partial charge is 0.342 e. The number of nitrogens with zero attached hydrogens (tertiary/aromatic N) is 1. The Morgan fingerprint density at radius 3 is 2.28 bits per heavy atom. The van der Waals surface area contributed by atoms with Gasteiger partial charge in [0, 0.05) is 32.6 Å². The first-order chi connectivity index (χ1) is 8.33. The van der Waals surface area contributed by atoms with Crippen LogP contribution in [0.3, 0.4) is 0 Å². The lowest BCUT2D eigenvalue weighted by Gasteiger charge is -2.24. The Labute approximate surface area is 116 Å². The molecule has 1 N–H and O–H groups in total. The lowest BCUT2D eigenvalue weighted by atomic mass is 9.87. The molecule has 2 saturated heterocycles. The van der Waals surface area contributed by atoms with E-state index in [9.17, 15) is 4.79 Å². The molecule has 3 fully saturated rings. The van der Waals surface area contributed by atoms with Gasteiger partial charge in [-0.1, -0.05) is 19.3 Å². The minimum atomic E-state index is 0. The van der Waals surface area contributed by atoms with E-state index in [1.165, 1.54) is 32.1 Å². The van der Waals surface area contributed by atoms with Crippen LogP contribution in [0.15, 0.2) is 0 Å². The van der Waals surface area contributed by atoms with Gasteiger partial charge in [-0.3, -0.25) is 4.79 Å². The third-order valence-corrected chi connectivity index (χ3v) is 4.93. The minimum Gasteiger partial charge on any atom is -0.342 e. The van der Waals surface area contributed by atoms with Gasteiger partial charge in [0.25, 0.3) is 0 Å². The zero-order valence-corrected chi connectivity index (χ0v) is 11.9. The molecule has 3 nitrogen and oxygen atoms in total. The lowest BCUT2D eigenvalue weighted by Crippen LogP contribution is -2.33. The summed E-state index contributed by atoms with van der Waals surface area (Å²) in [5, 5.41) is 3.43. The van der Waals surface area contributed by atoms with Crippen molar-refractivity contribution >= 4 is 18.3 Å². The van der Waals surface area contributed by atoms with Gasteiger partial charge >= 0.3 is 0 Å². The van der Waals surface area contributed by atoms with Crippen molar-refractivity contribution in [2.75, 3.05) is 26.2 Å². The number of rotatable bonds is 2. The summed E-state index contributed by atoms with van der Waals surface area (Å²) in [6.45, 7) is 4.28. The fourth-order valence-electron chi connectivity index (χ4n) is 3.83. The monoisotopic (exact) mass is 272 g/mol. The molecule has 0 aromatic carbocycles. The van der Waals surface area contributed by atoms with Crippen LogP contribution in [0.2, 0.25) is 0 Å². The van der Waals surface area contributed by atoms with Crippen LogP contribution in [0.25, 0.3) is 0 Å². The second-order valence-corrected chi connectivity index (χ2v) is 6.19. The number of halogens is 1. The smallest absolute Gasteiger partial charge is 0.222 e. The van der Waals surface area contributed by atoms with E-state index in [1.807, 2.05) is 0 Å². The number of hydrogen-bond acceptors (Lipinski definition) is 2. The summed E-state index contributed by atoms with van der Waals surface area (Å²) in [5.41, 5.74) is 0. The summed E-state index contributed by atoms with van der Waals surface area (Å²) < 4.78 is 0. The highest BCUT2D eigenvalue weighted by molar-refractivity contribution is 5.85. The summed E-state index contributed by atoms with van der Waals surface area (Å²) >= 11 is 0. The predicted molar refractivity (Wildman–Crippen MR) is 74.9 cm³/mol. The Kier molecular flexibility index (Phi) is 4.91. The standard InChI is InChI=1S/C14H24N2O.ClH/c17-14(6-11-4-2-1-3-5-11)16-9-12-7-15-8-13(12)10-16;/h11-13,15H,1-10H2;1H/t12-,13+;. The molecule has 104 valence electrons. The van der Waals surface area contributed by atoms with Gasteiger partial charge in [-0.2, -0.15) is 0 Å². The molecule has 3 rings (SSSR count). The lowest BCUT2D eigenvalue weighted by molar-refractivity contribution is -0.131. The van der Waals surface area contributed by atoms with Crippen molar-refractivity contribution in [2.45, 2.75) is 38.5 Å². The summed E-state index contributed by atoms with van der Waals surface area (Å²) in [6, 6.07) is 0. The Bertz CT molecular complexity index is 280. The van der Waals surface area contributed by atoms with Gasteiger partial charge in [0.15, 0.2) is 0 Å². The van der Waals surface area contributed by atoms with Gasteiger partial charge < -0.3 is 10.2 Å². The maximum Gasteiger partial charge on any atom is 0.222 e. The van der Waals surface area contributed by atoms with E-state index in [-0.39, 0.29) is 12.4 Å². The fourth-order valence-corrected chi connectivity index (χ4v) is 3.83. The number of amides is 1. The number of carbonyl (C=O) groups excluding carboxylic acids is 1. The predicted octanol–water partition coefficient (Wildman–Crippen LogP) is 2.06. The van der Waals surface area contributed by atoms with Gasteiger partial charge in [0.05, 0.1) is 0 Å². The summed E-state index contributed by atoms with van der Waals surface area (Å²) in [5.74, 6) is 2.61. The van der Waals surface area contributed by atoms with E-state index >= 15 is 0 Å². The van der Waals surface area contributed by atoms with Crippen molar-refractivity contribution in [1.82, 2.24) is 10.2 Å². The molecular formula is C14H25ClN2O. The van der Waals surface area contributed by atoms with E-state index < -0.39 is 0 Å². The average molecular weight is 273 g/mol. The van der Waals surface area contributed by atoms with Gasteiger partial charge in [0.1, 0.15) is 0 Å². The number of hydrogen-bond donors (Lipinski definition) is 1. The molecule has 2 atom stereocenters. The molecule has 1 amide bonds. The van der Waals surface area contributed by atoms with Crippen LogP contribution in [0.4, 0.5) is 0 Å². The Morgan fingerprint density at radius 1 is 1.06 bits per heavy atom. The molecule has 3 aliphatic rings. The van der Waals surface area contributed by atoms with Gasteiger partial charge in [0.2, 0.25) is 5.91 Å². The second kappa shape index (κ2) is 6.25. The van der Waals surface area contributed by atoms with Gasteiger partial charge in [-0.25, -0.2) is 0 Å². The third kappa shape index (κ3) is 3.00. The van der Waals surface area contributed by atoms with E-state index in [0.29, 0.717) is 11.8 Å². The number of carbonyl (C=O) groups is 1. The highest BCUT2D eigenvalue weighted by atomic mass is 35.5. The molecule has 0 spiro atoms. The number of likely N-dealkylation sites (tertiary alicyclic amines) is 1. The highest BCUT2D eigenvalue weighted by Gasteiger charge is 2.38. The zero-order chi connectivity index (χ0) is 11.7. The Balaban J connectivity index is 0.00000120. The maximum absolute atomic E-state index is 12.3. The van der Waals surface area contributed by atoms with E-state index in [4.69, 9.17) is 0 Å². The number of nitrogens with one attached hydrogen (secondary N) is 1. The van der Waals surface area contributed by atoms with E-state index in [0.717, 1.165) is 44.4 Å². The summed E-state index contributed by atoms with van der Waals surface area (Å²) in [6.07, 6.45) is 7.46. The zero-order valence-electron chi connectivity index (χ0n) is 11.1. The molecule has 0 bridgehead atoms. The molecular weight excluding hydrogens is 248 g/mol. The molecule has 18 heavy (non-hydrogen) atoms. The Morgan fingerprint density at radius 2 is 1.67 bits per heavy atom. The van der Waals surface area contributed by atoms with Crippen molar-refractivity contribution in [3.05, 3.63) is 0 Å². The quantitative estimate of drug-likeness (QED) is 0.835. The topological polar surface area (TPSA) is 32.3 Å². The van der Waals surface area contributed by atoms with E-state index in [2.05, 4.69) is 10.2 Å². The van der Waals surface area contributed by atoms with Gasteiger partial charge in [-0.05, 0) is 30.6 Å². The second-order valence-electron chi connectivity index (χ2n) is 6.19. The van der Waals surface area contributed by atoms with Crippen LogP contribution >= 0.6 is 12.4 Å². The van der Waals surface area contributed by atoms with Crippen LogP contribution in [-0.2, 0) is 4.79 Å². The summed E-state index contributed by atoms with van der Waals surface area (Å²) in [4.78, 5) is 14.4. The van der Waals surface area contributed by atoms with Crippen LogP contribution in [0, 0.1) is 17.8 Å². The van der Waals surface area contributed by atoms with Crippen molar-refractivity contribution in [3.63, 3.8) is 0 Å². The molecule has 0 aromatic heterocycles. The first-order valence-corrected chi connectivity index (χ1v) is 7.31. The Hall–Kier alpha value is -0.280. The molecule has 0 radical (unpaired) electrons. The first kappa shape index (κ1) is 14.1. The molecule has 0 unspecified atom stereocenters. The van der Waals surface area contributed by atoms with Crippen LogP contribution in [-0.4, -0.2) is 37.0 Å². The molecule has 2 aliphatic heterocycles. The summed E-state index contributed by atoms with van der Waals surface area (Å²) in [7, 11) is 0. The third-order valence-electron chi connectivity index (χ3n) is 4.93.